The molecular formula is C20H26N2O5. The van der Waals surface area contributed by atoms with Gasteiger partial charge in [0.15, 0.2) is 11.5 Å². The van der Waals surface area contributed by atoms with Gasteiger partial charge in [-0.3, -0.25) is 4.79 Å². The number of benzene rings is 1. The molecule has 7 heteroatoms. The maximum absolute atomic E-state index is 12.6. The van der Waals surface area contributed by atoms with E-state index >= 15 is 0 Å². The van der Waals surface area contributed by atoms with Gasteiger partial charge in [-0.2, -0.15) is 5.10 Å². The highest BCUT2D eigenvalue weighted by Crippen LogP contribution is 2.39. The molecule has 0 saturated heterocycles. The average Bonchev–Trinajstić information content (AvgIpc) is 3.08. The summed E-state index contributed by atoms with van der Waals surface area (Å²) >= 11 is 0. The van der Waals surface area contributed by atoms with Crippen molar-refractivity contribution in [2.75, 3.05) is 19.8 Å². The summed E-state index contributed by atoms with van der Waals surface area (Å²) in [7, 11) is 0. The fourth-order valence-electron chi connectivity index (χ4n) is 2.40. The van der Waals surface area contributed by atoms with Crippen molar-refractivity contribution in [3.05, 3.63) is 41.3 Å². The van der Waals surface area contributed by atoms with Crippen LogP contribution < -0.4 is 19.6 Å². The number of hydrazone groups is 1. The number of carbonyl (C=O) groups excluding carboxylic acids is 1. The molecule has 0 fully saturated rings. The highest BCUT2D eigenvalue weighted by molar-refractivity contribution is 5.99. The molecule has 146 valence electrons. The fraction of sp³-hybridized carbons (Fsp3) is 0.400. The summed E-state index contributed by atoms with van der Waals surface area (Å²) in [5.74, 6) is 2.39. The van der Waals surface area contributed by atoms with Crippen molar-refractivity contribution in [2.24, 2.45) is 5.10 Å². The minimum absolute atomic E-state index is 0.359. The van der Waals surface area contributed by atoms with Gasteiger partial charge in [0.1, 0.15) is 17.2 Å². The van der Waals surface area contributed by atoms with Crippen LogP contribution in [0.2, 0.25) is 0 Å². The third-order valence-corrected chi connectivity index (χ3v) is 3.59. The van der Waals surface area contributed by atoms with Crippen molar-refractivity contribution in [1.29, 1.82) is 0 Å². The Morgan fingerprint density at radius 2 is 1.63 bits per heavy atom. The van der Waals surface area contributed by atoms with Gasteiger partial charge in [-0.15, -0.1) is 0 Å². The zero-order chi connectivity index (χ0) is 19.8. The van der Waals surface area contributed by atoms with Gasteiger partial charge < -0.3 is 18.6 Å². The van der Waals surface area contributed by atoms with Crippen LogP contribution in [0.3, 0.4) is 0 Å². The van der Waals surface area contributed by atoms with Crippen LogP contribution >= 0.6 is 0 Å². The molecule has 2 rings (SSSR count). The first-order valence-electron chi connectivity index (χ1n) is 8.97. The third-order valence-electron chi connectivity index (χ3n) is 3.59. The van der Waals surface area contributed by atoms with Crippen molar-refractivity contribution in [2.45, 2.75) is 34.6 Å². The second kappa shape index (κ2) is 9.66. The lowest BCUT2D eigenvalue weighted by Crippen LogP contribution is -2.19. The summed E-state index contributed by atoms with van der Waals surface area (Å²) in [6, 6.07) is 6.88. The van der Waals surface area contributed by atoms with E-state index in [1.807, 2.05) is 33.8 Å². The third kappa shape index (κ3) is 5.26. The van der Waals surface area contributed by atoms with Crippen molar-refractivity contribution in [1.82, 2.24) is 5.43 Å². The Hall–Kier alpha value is -2.96. The van der Waals surface area contributed by atoms with Crippen molar-refractivity contribution in [3.8, 4) is 17.2 Å². The van der Waals surface area contributed by atoms with E-state index in [1.165, 1.54) is 0 Å². The topological polar surface area (TPSA) is 82.3 Å². The minimum atomic E-state index is -0.386. The predicted molar refractivity (Wildman–Crippen MR) is 103 cm³/mol. The predicted octanol–water partition coefficient (Wildman–Crippen LogP) is 3.94. The fourth-order valence-corrected chi connectivity index (χ4v) is 2.40. The molecule has 2 aromatic rings. The Morgan fingerprint density at radius 3 is 2.11 bits per heavy atom. The van der Waals surface area contributed by atoms with Crippen LogP contribution in [-0.4, -0.2) is 31.4 Å². The lowest BCUT2D eigenvalue weighted by Gasteiger charge is -2.16. The number of hydrogen-bond donors (Lipinski definition) is 1. The van der Waals surface area contributed by atoms with E-state index in [0.29, 0.717) is 54.1 Å². The van der Waals surface area contributed by atoms with Gasteiger partial charge in [-0.25, -0.2) is 5.43 Å². The normalized spacial score (nSPS) is 11.2. The maximum Gasteiger partial charge on any atom is 0.271 e. The summed E-state index contributed by atoms with van der Waals surface area (Å²) in [4.78, 5) is 12.6. The Kier molecular flexibility index (Phi) is 7.28. The molecule has 0 aliphatic rings. The molecule has 1 heterocycles. The molecule has 7 nitrogen and oxygen atoms in total. The van der Waals surface area contributed by atoms with E-state index in [4.69, 9.17) is 18.6 Å². The van der Waals surface area contributed by atoms with Crippen LogP contribution in [-0.2, 0) is 0 Å². The maximum atomic E-state index is 12.6. The average molecular weight is 374 g/mol. The van der Waals surface area contributed by atoms with Gasteiger partial charge in [0.25, 0.3) is 5.91 Å². The largest absolute Gasteiger partial charge is 0.490 e. The molecule has 0 saturated carbocycles. The Bertz CT molecular complexity index is 783. The molecule has 1 amide bonds. The zero-order valence-corrected chi connectivity index (χ0v) is 16.4. The standard InChI is InChI=1S/C20H26N2O5/c1-6-24-17-11-15(12-18(25-7-2)19(17)26-8-3)20(23)22-21-14(5)16-10-9-13(4)27-16/h9-12H,6-8H2,1-5H3,(H,22,23). The second-order valence-corrected chi connectivity index (χ2v) is 5.65. The first-order chi connectivity index (χ1) is 13.0. The molecule has 0 radical (unpaired) electrons. The summed E-state index contributed by atoms with van der Waals surface area (Å²) in [5, 5.41) is 4.10. The molecule has 1 aromatic carbocycles. The quantitative estimate of drug-likeness (QED) is 0.531. The number of ether oxygens (including phenoxy) is 3. The van der Waals surface area contributed by atoms with E-state index in [0.717, 1.165) is 5.76 Å². The summed E-state index contributed by atoms with van der Waals surface area (Å²) in [6.45, 7) is 10.5. The molecule has 0 bridgehead atoms. The van der Waals surface area contributed by atoms with Crippen LogP contribution in [0.15, 0.2) is 33.8 Å². The SMILES string of the molecule is CCOc1cc(C(=O)NN=C(C)c2ccc(C)o2)cc(OCC)c1OCC. The van der Waals surface area contributed by atoms with Gasteiger partial charge in [0.2, 0.25) is 5.75 Å². The zero-order valence-electron chi connectivity index (χ0n) is 16.4. The number of aryl methyl sites for hydroxylation is 1. The molecule has 0 aliphatic heterocycles. The van der Waals surface area contributed by atoms with E-state index in [9.17, 15) is 4.79 Å². The number of rotatable bonds is 9. The lowest BCUT2D eigenvalue weighted by atomic mass is 10.1. The molecule has 0 aliphatic carbocycles. The Balaban J connectivity index is 2.28. The summed E-state index contributed by atoms with van der Waals surface area (Å²) in [5.41, 5.74) is 3.46. The van der Waals surface area contributed by atoms with Gasteiger partial charge in [0, 0.05) is 5.56 Å². The number of furan rings is 1. The number of nitrogens with zero attached hydrogens (tertiary/aromatic N) is 1. The smallest absolute Gasteiger partial charge is 0.271 e. The van der Waals surface area contributed by atoms with E-state index in [1.54, 1.807) is 25.1 Å². The van der Waals surface area contributed by atoms with Crippen LogP contribution in [0.25, 0.3) is 0 Å². The summed E-state index contributed by atoms with van der Waals surface area (Å²) in [6.07, 6.45) is 0. The Labute approximate surface area is 159 Å². The first kappa shape index (κ1) is 20.4. The molecule has 0 unspecified atom stereocenters. The van der Waals surface area contributed by atoms with Crippen molar-refractivity contribution < 1.29 is 23.4 Å². The van der Waals surface area contributed by atoms with Crippen LogP contribution in [0, 0.1) is 6.92 Å². The molecule has 0 atom stereocenters. The van der Waals surface area contributed by atoms with Gasteiger partial charge in [-0.1, -0.05) is 0 Å². The Morgan fingerprint density at radius 1 is 1.04 bits per heavy atom. The van der Waals surface area contributed by atoms with E-state index < -0.39 is 0 Å². The monoisotopic (exact) mass is 374 g/mol. The number of carbonyl (C=O) groups is 1. The number of hydrogen-bond acceptors (Lipinski definition) is 6. The highest BCUT2D eigenvalue weighted by Gasteiger charge is 2.18. The van der Waals surface area contributed by atoms with E-state index in [2.05, 4.69) is 10.5 Å². The molecular weight excluding hydrogens is 348 g/mol. The lowest BCUT2D eigenvalue weighted by molar-refractivity contribution is 0.0953. The molecule has 1 aromatic heterocycles. The van der Waals surface area contributed by atoms with Crippen molar-refractivity contribution >= 4 is 11.6 Å². The summed E-state index contributed by atoms with van der Waals surface area (Å²) < 4.78 is 22.4. The van der Waals surface area contributed by atoms with Crippen LogP contribution in [0.5, 0.6) is 17.2 Å². The first-order valence-corrected chi connectivity index (χ1v) is 8.97. The van der Waals surface area contributed by atoms with Crippen LogP contribution in [0.1, 0.15) is 49.6 Å². The van der Waals surface area contributed by atoms with Gasteiger partial charge >= 0.3 is 0 Å². The van der Waals surface area contributed by atoms with Crippen LogP contribution in [0.4, 0.5) is 0 Å². The number of nitrogens with one attached hydrogen (secondary N) is 1. The molecule has 0 spiro atoms. The van der Waals surface area contributed by atoms with Gasteiger partial charge in [0.05, 0.1) is 19.8 Å². The highest BCUT2D eigenvalue weighted by atomic mass is 16.5. The minimum Gasteiger partial charge on any atom is -0.490 e. The molecule has 1 N–H and O–H groups in total. The molecule has 27 heavy (non-hydrogen) atoms. The number of amides is 1. The van der Waals surface area contributed by atoms with Crippen molar-refractivity contribution in [3.63, 3.8) is 0 Å². The second-order valence-electron chi connectivity index (χ2n) is 5.65. The van der Waals surface area contributed by atoms with E-state index in [-0.39, 0.29) is 5.91 Å². The van der Waals surface area contributed by atoms with Gasteiger partial charge in [-0.05, 0) is 58.9 Å².